The summed E-state index contributed by atoms with van der Waals surface area (Å²) in [6, 6.07) is 23.4. The van der Waals surface area contributed by atoms with Crippen LogP contribution in [0.25, 0.3) is 27.3 Å². The molecule has 1 N–H and O–H groups in total. The van der Waals surface area contributed by atoms with E-state index in [4.69, 9.17) is 9.78 Å². The van der Waals surface area contributed by atoms with Crippen LogP contribution in [0, 0.1) is 0 Å². The van der Waals surface area contributed by atoms with Gasteiger partial charge in [-0.1, -0.05) is 68.1 Å². The van der Waals surface area contributed by atoms with Gasteiger partial charge in [0.15, 0.2) is 0 Å². The van der Waals surface area contributed by atoms with Gasteiger partial charge in [-0.25, -0.2) is 9.78 Å². The third kappa shape index (κ3) is 7.25. The number of allylic oxidation sites excluding steroid dienone is 2. The topological polar surface area (TPSA) is 76.1 Å². The van der Waals surface area contributed by atoms with Crippen LogP contribution in [0.15, 0.2) is 88.3 Å². The van der Waals surface area contributed by atoms with Gasteiger partial charge in [-0.2, -0.15) is 8.42 Å². The molecule has 43 heavy (non-hydrogen) atoms. The molecule has 1 aromatic heterocycles. The number of aryl methyl sites for hydroxylation is 1. The van der Waals surface area contributed by atoms with Gasteiger partial charge in [0.1, 0.15) is 6.61 Å². The fraction of sp³-hybridized carbons (Fsp3) is 0.294. The Morgan fingerprint density at radius 3 is 2.53 bits per heavy atom. The number of fused-ring (bicyclic) bond motifs is 2. The summed E-state index contributed by atoms with van der Waals surface area (Å²) in [5, 5.41) is 1.47. The van der Waals surface area contributed by atoms with E-state index >= 15 is 0 Å². The summed E-state index contributed by atoms with van der Waals surface area (Å²) in [4.78, 5) is 14.5. The third-order valence-electron chi connectivity index (χ3n) is 7.72. The van der Waals surface area contributed by atoms with Crippen LogP contribution < -0.4 is 4.90 Å². The first kappa shape index (κ1) is 31.5. The molecule has 0 amide bonds. The molecule has 0 spiro atoms. The van der Waals surface area contributed by atoms with Gasteiger partial charge in [0, 0.05) is 21.0 Å². The highest BCUT2D eigenvalue weighted by Crippen LogP contribution is 2.47. The zero-order valence-corrected chi connectivity index (χ0v) is 27.3. The fourth-order valence-corrected chi connectivity index (χ4v) is 7.99. The standard InChI is InChI=1S/C34H37NO5S3/c1-5-24(19-33-28(6-2)29-21-27(13-15-31(29)41-33)26-10-8-7-9-11-26)20-34-35(17-16-23(3)43(36,37)38)30-18-25(22-40-39-4)12-14-32(30)42-34/h7-15,18-21,23H,5-6,16-17,22H2,1-4H3,(H,36,37,38)/b24-19+,34-20-. The largest absolute Gasteiger partial charge is 0.335 e. The van der Waals surface area contributed by atoms with Crippen LogP contribution in [-0.2, 0) is 32.9 Å². The van der Waals surface area contributed by atoms with Gasteiger partial charge in [0.2, 0.25) is 0 Å². The molecule has 9 heteroatoms. The third-order valence-corrected chi connectivity index (χ3v) is 11.2. The molecule has 0 saturated heterocycles. The van der Waals surface area contributed by atoms with E-state index in [2.05, 4.69) is 85.5 Å². The Balaban J connectivity index is 1.51. The average Bonchev–Trinajstić information content (AvgIpc) is 3.53. The van der Waals surface area contributed by atoms with Gasteiger partial charge in [0.25, 0.3) is 10.1 Å². The molecular weight excluding hydrogens is 599 g/mol. The molecule has 1 atom stereocenters. The molecule has 0 bridgehead atoms. The summed E-state index contributed by atoms with van der Waals surface area (Å²) in [5.41, 5.74) is 6.93. The van der Waals surface area contributed by atoms with Crippen LogP contribution in [0.4, 0.5) is 5.69 Å². The van der Waals surface area contributed by atoms with Crippen molar-refractivity contribution < 1.29 is 22.7 Å². The van der Waals surface area contributed by atoms with Crippen molar-refractivity contribution in [3.63, 3.8) is 0 Å². The van der Waals surface area contributed by atoms with Crippen LogP contribution in [0.3, 0.4) is 0 Å². The van der Waals surface area contributed by atoms with Crippen LogP contribution in [0.2, 0.25) is 0 Å². The van der Waals surface area contributed by atoms with Gasteiger partial charge < -0.3 is 4.90 Å². The van der Waals surface area contributed by atoms with Crippen molar-refractivity contribution >= 4 is 55.1 Å². The van der Waals surface area contributed by atoms with Crippen molar-refractivity contribution in [1.82, 2.24) is 0 Å². The van der Waals surface area contributed by atoms with Gasteiger partial charge in [-0.3, -0.25) is 4.55 Å². The van der Waals surface area contributed by atoms with Crippen LogP contribution in [0.5, 0.6) is 0 Å². The smallest absolute Gasteiger partial charge is 0.267 e. The van der Waals surface area contributed by atoms with Crippen molar-refractivity contribution in [2.75, 3.05) is 18.6 Å². The number of thioether (sulfide) groups is 1. The number of rotatable bonds is 12. The van der Waals surface area contributed by atoms with Gasteiger partial charge in [-0.15, -0.1) is 11.3 Å². The van der Waals surface area contributed by atoms with E-state index in [0.29, 0.717) is 19.6 Å². The fourth-order valence-electron chi connectivity index (χ4n) is 5.19. The Morgan fingerprint density at radius 1 is 1.05 bits per heavy atom. The van der Waals surface area contributed by atoms with Gasteiger partial charge in [-0.05, 0) is 95.8 Å². The first-order valence-corrected chi connectivity index (χ1v) is 17.6. The minimum Gasteiger partial charge on any atom is -0.335 e. The summed E-state index contributed by atoms with van der Waals surface area (Å²) in [6.45, 7) is 6.67. The van der Waals surface area contributed by atoms with Crippen molar-refractivity contribution in [2.45, 2.75) is 56.8 Å². The van der Waals surface area contributed by atoms with E-state index in [1.54, 1.807) is 18.7 Å². The maximum atomic E-state index is 11.8. The SMILES string of the molecule is CCC(/C=C1\Sc2ccc(COOC)cc2N1CCC(C)S(=O)(=O)O)=C\c1sc2ccc(-c3ccccc3)cc2c1CC. The number of hydrogen-bond acceptors (Lipinski definition) is 7. The highest BCUT2D eigenvalue weighted by Gasteiger charge is 2.28. The lowest BCUT2D eigenvalue weighted by Crippen LogP contribution is -2.26. The molecule has 1 aliphatic heterocycles. The molecule has 2 heterocycles. The molecule has 226 valence electrons. The monoisotopic (exact) mass is 635 g/mol. The summed E-state index contributed by atoms with van der Waals surface area (Å²) in [7, 11) is -2.64. The van der Waals surface area contributed by atoms with E-state index in [1.165, 1.54) is 44.3 Å². The molecule has 0 radical (unpaired) electrons. The molecule has 6 nitrogen and oxygen atoms in total. The second-order valence-corrected chi connectivity index (χ2v) is 14.5. The Kier molecular flexibility index (Phi) is 10.1. The van der Waals surface area contributed by atoms with E-state index in [9.17, 15) is 13.0 Å². The first-order valence-electron chi connectivity index (χ1n) is 14.4. The Bertz CT molecular complexity index is 1760. The van der Waals surface area contributed by atoms with E-state index < -0.39 is 15.4 Å². The van der Waals surface area contributed by atoms with Crippen molar-refractivity contribution in [3.05, 3.63) is 99.4 Å². The summed E-state index contributed by atoms with van der Waals surface area (Å²) in [5.74, 6) is 0. The van der Waals surface area contributed by atoms with Crippen LogP contribution >= 0.6 is 23.1 Å². The van der Waals surface area contributed by atoms with E-state index in [-0.39, 0.29) is 0 Å². The average molecular weight is 636 g/mol. The van der Waals surface area contributed by atoms with Crippen LogP contribution in [0.1, 0.15) is 49.6 Å². The predicted octanol–water partition coefficient (Wildman–Crippen LogP) is 9.12. The number of nitrogens with zero attached hydrogens (tertiary/aromatic N) is 1. The summed E-state index contributed by atoms with van der Waals surface area (Å²) in [6.07, 6.45) is 6.59. The molecule has 3 aromatic carbocycles. The molecule has 1 aliphatic rings. The summed E-state index contributed by atoms with van der Waals surface area (Å²) < 4.78 is 34.4. The predicted molar refractivity (Wildman–Crippen MR) is 180 cm³/mol. The number of thiophene rings is 1. The molecule has 0 fully saturated rings. The minimum atomic E-state index is -4.12. The minimum absolute atomic E-state index is 0.292. The zero-order chi connectivity index (χ0) is 30.6. The van der Waals surface area contributed by atoms with Crippen molar-refractivity contribution in [3.8, 4) is 11.1 Å². The van der Waals surface area contributed by atoms with Gasteiger partial charge in [0.05, 0.1) is 23.1 Å². The maximum Gasteiger partial charge on any atom is 0.267 e. The van der Waals surface area contributed by atoms with Crippen molar-refractivity contribution in [2.24, 2.45) is 0 Å². The first-order chi connectivity index (χ1) is 20.7. The summed E-state index contributed by atoms with van der Waals surface area (Å²) >= 11 is 3.49. The lowest BCUT2D eigenvalue weighted by atomic mass is 10.0. The van der Waals surface area contributed by atoms with Gasteiger partial charge >= 0.3 is 0 Å². The number of hydrogen-bond donors (Lipinski definition) is 1. The molecular formula is C34H37NO5S3. The van der Waals surface area contributed by atoms with E-state index in [1.807, 2.05) is 23.5 Å². The maximum absolute atomic E-state index is 11.8. The second kappa shape index (κ2) is 13.8. The zero-order valence-electron chi connectivity index (χ0n) is 24.9. The number of benzene rings is 3. The normalized spacial score (nSPS) is 15.4. The second-order valence-electron chi connectivity index (χ2n) is 10.5. The quantitative estimate of drug-likeness (QED) is 0.0945. The van der Waals surface area contributed by atoms with E-state index in [0.717, 1.165) is 34.0 Å². The number of anilines is 1. The highest BCUT2D eigenvalue weighted by atomic mass is 32.2. The Morgan fingerprint density at radius 2 is 1.84 bits per heavy atom. The highest BCUT2D eigenvalue weighted by molar-refractivity contribution is 8.03. The molecule has 5 rings (SSSR count). The molecule has 1 unspecified atom stereocenters. The van der Waals surface area contributed by atoms with Crippen LogP contribution in [-0.4, -0.2) is 31.9 Å². The molecule has 4 aromatic rings. The molecule has 0 aliphatic carbocycles. The molecule has 0 saturated carbocycles. The Labute approximate surface area is 262 Å². The Hall–Kier alpha value is -2.92. The lowest BCUT2D eigenvalue weighted by molar-refractivity contribution is -0.282. The van der Waals surface area contributed by atoms with Crippen molar-refractivity contribution in [1.29, 1.82) is 0 Å². The lowest BCUT2D eigenvalue weighted by Gasteiger charge is -2.22.